The van der Waals surface area contributed by atoms with Gasteiger partial charge in [-0.05, 0) is 33.8 Å². The molecule has 0 bridgehead atoms. The lowest BCUT2D eigenvalue weighted by molar-refractivity contribution is -0.182. The Morgan fingerprint density at radius 1 is 1.14 bits per heavy atom. The maximum absolute atomic E-state index is 6.16. The fraction of sp³-hybridized carbons (Fsp3) is 0.647. The smallest absolute Gasteiger partial charge is 0.146 e. The number of fused-ring (bicyclic) bond motifs is 1. The highest BCUT2D eigenvalue weighted by molar-refractivity contribution is 5.61. The minimum atomic E-state index is -0.115. The second kappa shape index (κ2) is 5.18. The van der Waals surface area contributed by atoms with Gasteiger partial charge in [-0.2, -0.15) is 0 Å². The summed E-state index contributed by atoms with van der Waals surface area (Å²) in [4.78, 5) is 2.47. The van der Waals surface area contributed by atoms with Crippen molar-refractivity contribution in [1.29, 1.82) is 0 Å². The van der Waals surface area contributed by atoms with Crippen LogP contribution in [0.1, 0.15) is 33.3 Å². The molecule has 2 aliphatic rings. The number of hydrogen-bond donors (Lipinski definition) is 1. The second-order valence-corrected chi connectivity index (χ2v) is 7.34. The first-order valence-corrected chi connectivity index (χ1v) is 7.76. The minimum absolute atomic E-state index is 0.115. The normalized spacial score (nSPS) is 23.8. The first kappa shape index (κ1) is 14.7. The zero-order chi connectivity index (χ0) is 15.1. The van der Waals surface area contributed by atoms with Gasteiger partial charge in [0.2, 0.25) is 0 Å². The summed E-state index contributed by atoms with van der Waals surface area (Å²) in [7, 11) is 0. The van der Waals surface area contributed by atoms with Gasteiger partial charge in [0, 0.05) is 31.7 Å². The molecule has 3 rings (SSSR count). The van der Waals surface area contributed by atoms with Crippen LogP contribution in [-0.4, -0.2) is 42.3 Å². The molecule has 21 heavy (non-hydrogen) atoms. The van der Waals surface area contributed by atoms with Crippen LogP contribution in [0, 0.1) is 0 Å². The molecule has 0 aliphatic carbocycles. The van der Waals surface area contributed by atoms with Crippen molar-refractivity contribution in [2.45, 2.75) is 45.4 Å². The number of para-hydroxylation sites is 1. The summed E-state index contributed by atoms with van der Waals surface area (Å²) in [6, 6.07) is 6.36. The van der Waals surface area contributed by atoms with E-state index < -0.39 is 0 Å². The Hall–Kier alpha value is -1.26. The maximum Gasteiger partial charge on any atom is 0.146 e. The monoisotopic (exact) mass is 290 g/mol. The standard InChI is InChI=1S/C17H26N2O2/c1-16(2)11-19(12-17(3,4)21-16)10-13-6-5-7-14-15(13)20-9-8-18-14/h5-7,18H,8-12H2,1-4H3. The molecule has 0 spiro atoms. The Morgan fingerprint density at radius 2 is 1.86 bits per heavy atom. The molecule has 0 atom stereocenters. The van der Waals surface area contributed by atoms with Crippen molar-refractivity contribution < 1.29 is 9.47 Å². The van der Waals surface area contributed by atoms with Gasteiger partial charge in [0.25, 0.3) is 0 Å². The SMILES string of the molecule is CC1(C)CN(Cc2cccc3c2OCCN3)CC(C)(C)O1. The lowest BCUT2D eigenvalue weighted by atomic mass is 9.98. The molecule has 1 N–H and O–H groups in total. The first-order valence-electron chi connectivity index (χ1n) is 7.76. The molecule has 1 aromatic rings. The molecular formula is C17H26N2O2. The van der Waals surface area contributed by atoms with E-state index in [0.29, 0.717) is 0 Å². The largest absolute Gasteiger partial charge is 0.489 e. The van der Waals surface area contributed by atoms with Crippen LogP contribution in [0.4, 0.5) is 5.69 Å². The molecule has 1 aromatic carbocycles. The molecular weight excluding hydrogens is 264 g/mol. The molecule has 1 saturated heterocycles. The summed E-state index contributed by atoms with van der Waals surface area (Å²) in [6.45, 7) is 13.1. The van der Waals surface area contributed by atoms with Crippen LogP contribution in [0.15, 0.2) is 18.2 Å². The van der Waals surface area contributed by atoms with E-state index in [4.69, 9.17) is 9.47 Å². The quantitative estimate of drug-likeness (QED) is 0.908. The van der Waals surface area contributed by atoms with Gasteiger partial charge in [-0.3, -0.25) is 4.90 Å². The Kier molecular flexibility index (Phi) is 3.62. The molecule has 0 radical (unpaired) electrons. The highest BCUT2D eigenvalue weighted by atomic mass is 16.5. The highest BCUT2D eigenvalue weighted by Gasteiger charge is 2.38. The number of anilines is 1. The first-order chi connectivity index (χ1) is 9.85. The van der Waals surface area contributed by atoms with Crippen molar-refractivity contribution in [3.05, 3.63) is 23.8 Å². The van der Waals surface area contributed by atoms with Gasteiger partial charge < -0.3 is 14.8 Å². The van der Waals surface area contributed by atoms with Crippen LogP contribution in [-0.2, 0) is 11.3 Å². The predicted octanol–water partition coefficient (Wildman–Crippen LogP) is 2.88. The van der Waals surface area contributed by atoms with Crippen LogP contribution >= 0.6 is 0 Å². The van der Waals surface area contributed by atoms with Crippen LogP contribution in [0.3, 0.4) is 0 Å². The summed E-state index contributed by atoms with van der Waals surface area (Å²) >= 11 is 0. The van der Waals surface area contributed by atoms with Gasteiger partial charge >= 0.3 is 0 Å². The molecule has 4 heteroatoms. The van der Waals surface area contributed by atoms with Gasteiger partial charge in [0.1, 0.15) is 12.4 Å². The summed E-state index contributed by atoms with van der Waals surface area (Å²) in [5.41, 5.74) is 2.14. The Bertz CT molecular complexity index is 510. The summed E-state index contributed by atoms with van der Waals surface area (Å²) in [5, 5.41) is 3.40. The predicted molar refractivity (Wildman–Crippen MR) is 84.9 cm³/mol. The second-order valence-electron chi connectivity index (χ2n) is 7.34. The molecule has 0 unspecified atom stereocenters. The zero-order valence-electron chi connectivity index (χ0n) is 13.5. The average molecular weight is 290 g/mol. The third-order valence-electron chi connectivity index (χ3n) is 3.92. The number of nitrogens with zero attached hydrogens (tertiary/aromatic N) is 1. The highest BCUT2D eigenvalue weighted by Crippen LogP contribution is 2.34. The summed E-state index contributed by atoms with van der Waals surface area (Å²) in [6.07, 6.45) is 0. The Labute approximate surface area is 127 Å². The van der Waals surface area contributed by atoms with Gasteiger partial charge in [-0.1, -0.05) is 12.1 Å². The average Bonchev–Trinajstić information content (AvgIpc) is 2.35. The third kappa shape index (κ3) is 3.33. The van der Waals surface area contributed by atoms with Crippen LogP contribution in [0.5, 0.6) is 5.75 Å². The summed E-state index contributed by atoms with van der Waals surface area (Å²) < 4.78 is 12.0. The number of hydrogen-bond acceptors (Lipinski definition) is 4. The van der Waals surface area contributed by atoms with E-state index in [2.05, 4.69) is 56.1 Å². The lowest BCUT2D eigenvalue weighted by Crippen LogP contribution is -2.56. The number of nitrogens with one attached hydrogen (secondary N) is 1. The van der Waals surface area contributed by atoms with E-state index in [-0.39, 0.29) is 11.2 Å². The number of morpholine rings is 1. The van der Waals surface area contributed by atoms with Crippen LogP contribution in [0.2, 0.25) is 0 Å². The Balaban J connectivity index is 1.80. The topological polar surface area (TPSA) is 33.7 Å². The fourth-order valence-corrected chi connectivity index (χ4v) is 3.66. The van der Waals surface area contributed by atoms with Crippen LogP contribution in [0.25, 0.3) is 0 Å². The van der Waals surface area contributed by atoms with E-state index >= 15 is 0 Å². The number of ether oxygens (including phenoxy) is 2. The molecule has 0 aromatic heterocycles. The van der Waals surface area contributed by atoms with Crippen molar-refractivity contribution in [3.63, 3.8) is 0 Å². The van der Waals surface area contributed by atoms with E-state index in [0.717, 1.165) is 44.2 Å². The number of rotatable bonds is 2. The summed E-state index contributed by atoms with van der Waals surface area (Å²) in [5.74, 6) is 1.02. The van der Waals surface area contributed by atoms with Gasteiger partial charge in [0.05, 0.1) is 16.9 Å². The van der Waals surface area contributed by atoms with E-state index in [1.54, 1.807) is 0 Å². The molecule has 4 nitrogen and oxygen atoms in total. The van der Waals surface area contributed by atoms with Crippen LogP contribution < -0.4 is 10.1 Å². The molecule has 2 aliphatic heterocycles. The molecule has 2 heterocycles. The van der Waals surface area contributed by atoms with Crippen molar-refractivity contribution in [2.75, 3.05) is 31.6 Å². The van der Waals surface area contributed by atoms with Crippen molar-refractivity contribution >= 4 is 5.69 Å². The van der Waals surface area contributed by atoms with Crippen molar-refractivity contribution in [3.8, 4) is 5.75 Å². The van der Waals surface area contributed by atoms with E-state index in [9.17, 15) is 0 Å². The zero-order valence-corrected chi connectivity index (χ0v) is 13.5. The van der Waals surface area contributed by atoms with Gasteiger partial charge in [0.15, 0.2) is 0 Å². The van der Waals surface area contributed by atoms with Crippen molar-refractivity contribution in [1.82, 2.24) is 4.90 Å². The molecule has 116 valence electrons. The van der Waals surface area contributed by atoms with Gasteiger partial charge in [-0.15, -0.1) is 0 Å². The van der Waals surface area contributed by atoms with E-state index in [1.807, 2.05) is 0 Å². The molecule has 1 fully saturated rings. The Morgan fingerprint density at radius 3 is 2.57 bits per heavy atom. The fourth-order valence-electron chi connectivity index (χ4n) is 3.66. The van der Waals surface area contributed by atoms with Crippen molar-refractivity contribution in [2.24, 2.45) is 0 Å². The molecule has 0 saturated carbocycles. The van der Waals surface area contributed by atoms with E-state index in [1.165, 1.54) is 5.56 Å². The lowest BCUT2D eigenvalue weighted by Gasteiger charge is -2.47. The minimum Gasteiger partial charge on any atom is -0.489 e. The third-order valence-corrected chi connectivity index (χ3v) is 3.92. The maximum atomic E-state index is 6.16. The number of benzene rings is 1. The molecule has 0 amide bonds. The van der Waals surface area contributed by atoms with Gasteiger partial charge in [-0.25, -0.2) is 0 Å².